The quantitative estimate of drug-likeness (QED) is 0.784. The fourth-order valence-electron chi connectivity index (χ4n) is 1.07. The molecule has 0 heterocycles. The summed E-state index contributed by atoms with van der Waals surface area (Å²) in [4.78, 5) is 10.7. The maximum atomic E-state index is 10.7. The third-order valence-electron chi connectivity index (χ3n) is 1.89. The lowest BCUT2D eigenvalue weighted by Gasteiger charge is -2.09. The highest BCUT2D eigenvalue weighted by Crippen LogP contribution is 2.25. The van der Waals surface area contributed by atoms with Crippen LogP contribution in [0.3, 0.4) is 0 Å². The summed E-state index contributed by atoms with van der Waals surface area (Å²) in [6.45, 7) is 1.61. The van der Waals surface area contributed by atoms with Gasteiger partial charge in [0.25, 0.3) is 0 Å². The van der Waals surface area contributed by atoms with E-state index in [1.54, 1.807) is 25.1 Å². The van der Waals surface area contributed by atoms with Crippen LogP contribution in [0.1, 0.15) is 18.4 Å². The van der Waals surface area contributed by atoms with Crippen molar-refractivity contribution in [2.75, 3.05) is 5.73 Å². The highest BCUT2D eigenvalue weighted by molar-refractivity contribution is 9.10. The summed E-state index contributed by atoms with van der Waals surface area (Å²) >= 11 is 3.25. The van der Waals surface area contributed by atoms with Crippen LogP contribution in [-0.4, -0.2) is 11.1 Å². The highest BCUT2D eigenvalue weighted by Gasteiger charge is 2.15. The Morgan fingerprint density at radius 3 is 2.69 bits per heavy atom. The van der Waals surface area contributed by atoms with Crippen molar-refractivity contribution in [2.45, 2.75) is 12.8 Å². The van der Waals surface area contributed by atoms with Crippen LogP contribution < -0.4 is 5.73 Å². The minimum atomic E-state index is -0.867. The van der Waals surface area contributed by atoms with E-state index in [0.717, 1.165) is 4.47 Å². The fraction of sp³-hybridized carbons (Fsp3) is 0.222. The molecule has 1 aromatic rings. The van der Waals surface area contributed by atoms with E-state index in [-0.39, 0.29) is 0 Å². The van der Waals surface area contributed by atoms with E-state index in [1.165, 1.54) is 0 Å². The predicted molar refractivity (Wildman–Crippen MR) is 54.6 cm³/mol. The lowest BCUT2D eigenvalue weighted by atomic mass is 10.00. The number of rotatable bonds is 2. The second kappa shape index (κ2) is 3.79. The van der Waals surface area contributed by atoms with Gasteiger partial charge in [-0.05, 0) is 24.6 Å². The normalized spacial score (nSPS) is 12.5. The van der Waals surface area contributed by atoms with E-state index in [2.05, 4.69) is 15.9 Å². The van der Waals surface area contributed by atoms with Crippen molar-refractivity contribution >= 4 is 27.6 Å². The van der Waals surface area contributed by atoms with Crippen molar-refractivity contribution in [2.24, 2.45) is 0 Å². The molecule has 0 fully saturated rings. The van der Waals surface area contributed by atoms with Gasteiger partial charge in [-0.25, -0.2) is 0 Å². The Morgan fingerprint density at radius 2 is 2.23 bits per heavy atom. The highest BCUT2D eigenvalue weighted by atomic mass is 79.9. The van der Waals surface area contributed by atoms with Crippen molar-refractivity contribution in [3.8, 4) is 0 Å². The largest absolute Gasteiger partial charge is 0.481 e. The minimum Gasteiger partial charge on any atom is -0.481 e. The number of carboxylic acid groups (broad SMARTS) is 1. The lowest BCUT2D eigenvalue weighted by Crippen LogP contribution is -2.09. The average molecular weight is 244 g/mol. The van der Waals surface area contributed by atoms with Gasteiger partial charge in [0, 0.05) is 10.2 Å². The number of aliphatic carboxylic acids is 1. The van der Waals surface area contributed by atoms with Gasteiger partial charge in [0.15, 0.2) is 0 Å². The number of hydrogen-bond donors (Lipinski definition) is 2. The van der Waals surface area contributed by atoms with Crippen LogP contribution in [0.2, 0.25) is 0 Å². The number of carbonyl (C=O) groups is 1. The van der Waals surface area contributed by atoms with E-state index in [9.17, 15) is 4.79 Å². The third-order valence-corrected chi connectivity index (χ3v) is 2.38. The summed E-state index contributed by atoms with van der Waals surface area (Å²) in [6.07, 6.45) is 0. The zero-order valence-electron chi connectivity index (χ0n) is 7.12. The first-order chi connectivity index (χ1) is 6.02. The summed E-state index contributed by atoms with van der Waals surface area (Å²) in [6, 6.07) is 5.21. The maximum Gasteiger partial charge on any atom is 0.310 e. The number of nitrogens with two attached hydrogens (primary N) is 1. The number of halogens is 1. The molecule has 0 aromatic heterocycles. The van der Waals surface area contributed by atoms with Gasteiger partial charge >= 0.3 is 5.97 Å². The second-order valence-corrected chi connectivity index (χ2v) is 3.75. The van der Waals surface area contributed by atoms with Gasteiger partial charge in [0.05, 0.1) is 5.92 Å². The number of benzene rings is 1. The minimum absolute atomic E-state index is 0.504. The molecule has 3 N–H and O–H groups in total. The van der Waals surface area contributed by atoms with Crippen LogP contribution in [0.4, 0.5) is 5.69 Å². The van der Waals surface area contributed by atoms with Gasteiger partial charge < -0.3 is 10.8 Å². The molecular weight excluding hydrogens is 234 g/mol. The Hall–Kier alpha value is -1.03. The SMILES string of the molecule is CC(C(=O)O)c1ccc(Br)cc1N. The number of hydrogen-bond acceptors (Lipinski definition) is 2. The molecular formula is C9H10BrNO2. The smallest absolute Gasteiger partial charge is 0.310 e. The molecule has 4 heteroatoms. The zero-order chi connectivity index (χ0) is 10.0. The van der Waals surface area contributed by atoms with E-state index in [4.69, 9.17) is 10.8 Å². The van der Waals surface area contributed by atoms with Gasteiger partial charge in [-0.1, -0.05) is 22.0 Å². The molecule has 70 valence electrons. The first-order valence-electron chi connectivity index (χ1n) is 3.80. The van der Waals surface area contributed by atoms with Gasteiger partial charge in [0.2, 0.25) is 0 Å². The summed E-state index contributed by atoms with van der Waals surface area (Å²) in [5.41, 5.74) is 6.82. The first-order valence-corrected chi connectivity index (χ1v) is 4.59. The first kappa shape index (κ1) is 10.1. The molecule has 0 saturated heterocycles. The maximum absolute atomic E-state index is 10.7. The summed E-state index contributed by atoms with van der Waals surface area (Å²) in [5, 5.41) is 8.76. The average Bonchev–Trinajstić information content (AvgIpc) is 2.03. The Labute approximate surface area is 84.7 Å². The van der Waals surface area contributed by atoms with Crippen LogP contribution in [-0.2, 0) is 4.79 Å². The van der Waals surface area contributed by atoms with Crippen LogP contribution >= 0.6 is 15.9 Å². The molecule has 1 atom stereocenters. The predicted octanol–water partition coefficient (Wildman–Crippen LogP) is 2.22. The number of anilines is 1. The summed E-state index contributed by atoms with van der Waals surface area (Å²) in [5.74, 6) is -1.43. The Morgan fingerprint density at radius 1 is 1.62 bits per heavy atom. The second-order valence-electron chi connectivity index (χ2n) is 2.83. The Bertz CT molecular complexity index is 338. The molecule has 0 aliphatic rings. The van der Waals surface area contributed by atoms with Crippen LogP contribution in [0, 0.1) is 0 Å². The lowest BCUT2D eigenvalue weighted by molar-refractivity contribution is -0.138. The zero-order valence-corrected chi connectivity index (χ0v) is 8.71. The van der Waals surface area contributed by atoms with Crippen molar-refractivity contribution in [1.82, 2.24) is 0 Å². The Balaban J connectivity index is 3.08. The molecule has 13 heavy (non-hydrogen) atoms. The molecule has 0 radical (unpaired) electrons. The van der Waals surface area contributed by atoms with Gasteiger partial charge in [0.1, 0.15) is 0 Å². The van der Waals surface area contributed by atoms with Gasteiger partial charge in [-0.3, -0.25) is 4.79 Å². The molecule has 0 bridgehead atoms. The van der Waals surface area contributed by atoms with Crippen molar-refractivity contribution in [1.29, 1.82) is 0 Å². The monoisotopic (exact) mass is 243 g/mol. The molecule has 1 unspecified atom stereocenters. The molecule has 0 amide bonds. The molecule has 0 aliphatic heterocycles. The van der Waals surface area contributed by atoms with Crippen LogP contribution in [0.15, 0.2) is 22.7 Å². The summed E-state index contributed by atoms with van der Waals surface area (Å²) in [7, 11) is 0. The van der Waals surface area contributed by atoms with Crippen molar-refractivity contribution in [3.63, 3.8) is 0 Å². The van der Waals surface area contributed by atoms with E-state index >= 15 is 0 Å². The molecule has 0 spiro atoms. The van der Waals surface area contributed by atoms with E-state index < -0.39 is 11.9 Å². The third kappa shape index (κ3) is 2.21. The topological polar surface area (TPSA) is 63.3 Å². The molecule has 1 rings (SSSR count). The standard InChI is InChI=1S/C9H10BrNO2/c1-5(9(12)13)7-3-2-6(10)4-8(7)11/h2-5H,11H2,1H3,(H,12,13). The molecule has 1 aromatic carbocycles. The molecule has 0 saturated carbocycles. The molecule has 3 nitrogen and oxygen atoms in total. The fourth-order valence-corrected chi connectivity index (χ4v) is 1.45. The summed E-state index contributed by atoms with van der Waals surface area (Å²) < 4.78 is 0.853. The van der Waals surface area contributed by atoms with Gasteiger partial charge in [-0.15, -0.1) is 0 Å². The van der Waals surface area contributed by atoms with Crippen LogP contribution in [0.25, 0.3) is 0 Å². The number of carboxylic acids is 1. The van der Waals surface area contributed by atoms with Crippen molar-refractivity contribution in [3.05, 3.63) is 28.2 Å². The van der Waals surface area contributed by atoms with E-state index in [1.807, 2.05) is 0 Å². The Kier molecular flexibility index (Phi) is 2.93. The van der Waals surface area contributed by atoms with Crippen molar-refractivity contribution < 1.29 is 9.90 Å². The number of nitrogen functional groups attached to an aromatic ring is 1. The van der Waals surface area contributed by atoms with Crippen LogP contribution in [0.5, 0.6) is 0 Å². The van der Waals surface area contributed by atoms with Gasteiger partial charge in [-0.2, -0.15) is 0 Å². The van der Waals surface area contributed by atoms with E-state index in [0.29, 0.717) is 11.3 Å². The molecule has 0 aliphatic carbocycles.